The number of carbonyl (C=O) groups excluding carboxylic acids is 2. The number of hydrogen-bond donors (Lipinski definition) is 0. The summed E-state index contributed by atoms with van der Waals surface area (Å²) in [4.78, 5) is 28.8. The highest BCUT2D eigenvalue weighted by molar-refractivity contribution is 7.09. The Labute approximate surface area is 115 Å². The molecule has 0 aromatic carbocycles. The van der Waals surface area contributed by atoms with Gasteiger partial charge in [0.15, 0.2) is 11.2 Å². The first-order chi connectivity index (χ1) is 9.08. The molecule has 1 aliphatic heterocycles. The predicted octanol–water partition coefficient (Wildman–Crippen LogP) is 1.53. The number of aromatic nitrogens is 1. The van der Waals surface area contributed by atoms with Crippen LogP contribution < -0.4 is 0 Å². The van der Waals surface area contributed by atoms with E-state index in [1.165, 1.54) is 11.3 Å². The van der Waals surface area contributed by atoms with Crippen LogP contribution in [0.2, 0.25) is 0 Å². The molecule has 0 radical (unpaired) electrons. The van der Waals surface area contributed by atoms with Gasteiger partial charge in [-0.05, 0) is 13.8 Å². The molecule has 0 saturated carbocycles. The second-order valence-electron chi connectivity index (χ2n) is 4.59. The summed E-state index contributed by atoms with van der Waals surface area (Å²) in [6.45, 7) is 4.33. The fraction of sp³-hybridized carbons (Fsp3) is 0.615. The Bertz CT molecular complexity index is 485. The Morgan fingerprint density at radius 3 is 3.00 bits per heavy atom. The average molecular weight is 283 g/mol. The van der Waals surface area contributed by atoms with Gasteiger partial charge in [0.2, 0.25) is 0 Å². The van der Waals surface area contributed by atoms with Crippen LogP contribution in [0.1, 0.15) is 24.0 Å². The Morgan fingerprint density at radius 1 is 1.63 bits per heavy atom. The number of ketones is 1. The lowest BCUT2D eigenvalue weighted by molar-refractivity contribution is -0.169. The Morgan fingerprint density at radius 2 is 2.42 bits per heavy atom. The minimum Gasteiger partial charge on any atom is -0.465 e. The third-order valence-corrected chi connectivity index (χ3v) is 4.11. The highest BCUT2D eigenvalue weighted by Gasteiger charge is 2.49. The molecule has 0 aliphatic carbocycles. The summed E-state index contributed by atoms with van der Waals surface area (Å²) in [5.74, 6) is -0.599. The summed E-state index contributed by atoms with van der Waals surface area (Å²) >= 11 is 1.45. The van der Waals surface area contributed by atoms with Crippen LogP contribution in [-0.4, -0.2) is 36.6 Å². The molecule has 1 aliphatic rings. The van der Waals surface area contributed by atoms with Crippen LogP contribution in [0.15, 0.2) is 5.38 Å². The van der Waals surface area contributed by atoms with Crippen molar-refractivity contribution in [2.45, 2.75) is 26.7 Å². The van der Waals surface area contributed by atoms with E-state index >= 15 is 0 Å². The van der Waals surface area contributed by atoms with Crippen molar-refractivity contribution in [3.8, 4) is 0 Å². The van der Waals surface area contributed by atoms with E-state index in [1.54, 1.807) is 6.92 Å². The van der Waals surface area contributed by atoms with Crippen LogP contribution in [0.5, 0.6) is 0 Å². The van der Waals surface area contributed by atoms with E-state index in [1.807, 2.05) is 12.3 Å². The minimum atomic E-state index is -1.21. The largest absolute Gasteiger partial charge is 0.465 e. The fourth-order valence-electron chi connectivity index (χ4n) is 2.14. The topological polar surface area (TPSA) is 65.5 Å². The maximum atomic E-state index is 12.2. The van der Waals surface area contributed by atoms with Crippen LogP contribution in [0.4, 0.5) is 0 Å². The smallest absolute Gasteiger partial charge is 0.322 e. The summed E-state index contributed by atoms with van der Waals surface area (Å²) in [6.07, 6.45) is 0.520. The van der Waals surface area contributed by atoms with E-state index in [0.717, 1.165) is 10.7 Å². The van der Waals surface area contributed by atoms with E-state index in [2.05, 4.69) is 4.98 Å². The average Bonchev–Trinajstić information content (AvgIpc) is 2.78. The standard InChI is InChI=1S/C13H17NO4S/c1-3-18-12(16)13(8-17-5-4-10(13)15)6-11-14-9(2)7-19-11/h7H,3-6,8H2,1-2H3. The van der Waals surface area contributed by atoms with Crippen molar-refractivity contribution >= 4 is 23.1 Å². The molecule has 2 rings (SSSR count). The number of Topliss-reactive ketones (excluding diaryl/α,β-unsaturated/α-hetero) is 1. The predicted molar refractivity (Wildman–Crippen MR) is 70.1 cm³/mol. The van der Waals surface area contributed by atoms with Gasteiger partial charge in [-0.2, -0.15) is 0 Å². The number of thiazole rings is 1. The number of rotatable bonds is 4. The first-order valence-electron chi connectivity index (χ1n) is 6.28. The van der Waals surface area contributed by atoms with Gasteiger partial charge in [0, 0.05) is 23.9 Å². The number of aryl methyl sites for hydroxylation is 1. The van der Waals surface area contributed by atoms with Gasteiger partial charge in [-0.3, -0.25) is 9.59 Å². The van der Waals surface area contributed by atoms with Crippen molar-refractivity contribution in [2.24, 2.45) is 5.41 Å². The number of carbonyl (C=O) groups is 2. The van der Waals surface area contributed by atoms with Gasteiger partial charge >= 0.3 is 5.97 Å². The third-order valence-electron chi connectivity index (χ3n) is 3.14. The second kappa shape index (κ2) is 5.79. The molecule has 1 atom stereocenters. The van der Waals surface area contributed by atoms with E-state index in [0.29, 0.717) is 6.61 Å². The molecular formula is C13H17NO4S. The summed E-state index contributed by atoms with van der Waals surface area (Å²) in [6, 6.07) is 0. The van der Waals surface area contributed by atoms with Gasteiger partial charge < -0.3 is 9.47 Å². The molecule has 104 valence electrons. The highest BCUT2D eigenvalue weighted by atomic mass is 32.1. The summed E-state index contributed by atoms with van der Waals surface area (Å²) in [5, 5.41) is 2.67. The Kier molecular flexibility index (Phi) is 4.31. The van der Waals surface area contributed by atoms with Crippen molar-refractivity contribution in [3.05, 3.63) is 16.1 Å². The second-order valence-corrected chi connectivity index (χ2v) is 5.53. The quantitative estimate of drug-likeness (QED) is 0.619. The van der Waals surface area contributed by atoms with Gasteiger partial charge in [0.25, 0.3) is 0 Å². The highest BCUT2D eigenvalue weighted by Crippen LogP contribution is 2.32. The van der Waals surface area contributed by atoms with Crippen LogP contribution in [0.25, 0.3) is 0 Å². The van der Waals surface area contributed by atoms with E-state index < -0.39 is 11.4 Å². The number of hydrogen-bond acceptors (Lipinski definition) is 6. The van der Waals surface area contributed by atoms with Crippen molar-refractivity contribution < 1.29 is 19.1 Å². The molecule has 1 aromatic rings. The maximum absolute atomic E-state index is 12.2. The molecule has 1 saturated heterocycles. The molecule has 0 spiro atoms. The zero-order valence-electron chi connectivity index (χ0n) is 11.1. The fourth-order valence-corrected chi connectivity index (χ4v) is 3.02. The Hall–Kier alpha value is -1.27. The summed E-state index contributed by atoms with van der Waals surface area (Å²) in [7, 11) is 0. The lowest BCUT2D eigenvalue weighted by Gasteiger charge is -2.32. The molecule has 2 heterocycles. The minimum absolute atomic E-state index is 0.0866. The number of esters is 1. The molecule has 6 heteroatoms. The van der Waals surface area contributed by atoms with Crippen molar-refractivity contribution in [1.82, 2.24) is 4.98 Å². The molecule has 0 N–H and O–H groups in total. The summed E-state index contributed by atoms with van der Waals surface area (Å²) in [5.41, 5.74) is -0.318. The van der Waals surface area contributed by atoms with Crippen molar-refractivity contribution in [2.75, 3.05) is 19.8 Å². The van der Waals surface area contributed by atoms with Gasteiger partial charge in [-0.25, -0.2) is 4.98 Å². The lowest BCUT2D eigenvalue weighted by atomic mass is 9.78. The third kappa shape index (κ3) is 2.84. The molecule has 1 fully saturated rings. The van der Waals surface area contributed by atoms with E-state index in [-0.39, 0.29) is 31.8 Å². The van der Waals surface area contributed by atoms with Crippen LogP contribution in [0.3, 0.4) is 0 Å². The molecule has 0 amide bonds. The normalized spacial score (nSPS) is 23.4. The van der Waals surface area contributed by atoms with Gasteiger partial charge in [-0.1, -0.05) is 0 Å². The first-order valence-corrected chi connectivity index (χ1v) is 7.16. The van der Waals surface area contributed by atoms with Gasteiger partial charge in [-0.15, -0.1) is 11.3 Å². The van der Waals surface area contributed by atoms with Crippen molar-refractivity contribution in [3.63, 3.8) is 0 Å². The first kappa shape index (κ1) is 14.1. The zero-order chi connectivity index (χ0) is 13.9. The summed E-state index contributed by atoms with van der Waals surface area (Å²) < 4.78 is 10.4. The zero-order valence-corrected chi connectivity index (χ0v) is 11.9. The number of ether oxygens (including phenoxy) is 2. The SMILES string of the molecule is CCOC(=O)C1(Cc2nc(C)cs2)COCCC1=O. The molecule has 1 aromatic heterocycles. The molecule has 0 bridgehead atoms. The van der Waals surface area contributed by atoms with Crippen LogP contribution >= 0.6 is 11.3 Å². The van der Waals surface area contributed by atoms with E-state index in [9.17, 15) is 9.59 Å². The van der Waals surface area contributed by atoms with Gasteiger partial charge in [0.1, 0.15) is 0 Å². The maximum Gasteiger partial charge on any atom is 0.322 e. The molecular weight excluding hydrogens is 266 g/mol. The van der Waals surface area contributed by atoms with Crippen LogP contribution in [-0.2, 0) is 25.5 Å². The molecule has 5 nitrogen and oxygen atoms in total. The monoisotopic (exact) mass is 283 g/mol. The molecule has 19 heavy (non-hydrogen) atoms. The number of nitrogens with zero attached hydrogens (tertiary/aromatic N) is 1. The molecule has 1 unspecified atom stereocenters. The van der Waals surface area contributed by atoms with Crippen molar-refractivity contribution in [1.29, 1.82) is 0 Å². The van der Waals surface area contributed by atoms with Crippen LogP contribution in [0, 0.1) is 12.3 Å². The Balaban J connectivity index is 2.27. The van der Waals surface area contributed by atoms with Gasteiger partial charge in [0.05, 0.1) is 24.8 Å². The van der Waals surface area contributed by atoms with E-state index in [4.69, 9.17) is 9.47 Å². The lowest BCUT2D eigenvalue weighted by Crippen LogP contribution is -2.49.